The lowest BCUT2D eigenvalue weighted by Crippen LogP contribution is -1.91. The molecule has 0 heterocycles. The summed E-state index contributed by atoms with van der Waals surface area (Å²) in [5.74, 6) is 0.823. The van der Waals surface area contributed by atoms with E-state index in [1.165, 1.54) is 6.42 Å². The van der Waals surface area contributed by atoms with Crippen molar-refractivity contribution in [2.75, 3.05) is 6.61 Å². The third kappa shape index (κ3) is 5.42. The maximum absolute atomic E-state index is 5.26. The molecule has 0 unspecified atom stereocenters. The molecule has 0 aromatic rings. The van der Waals surface area contributed by atoms with Crippen molar-refractivity contribution in [3.05, 3.63) is 25.0 Å². The zero-order valence-corrected chi connectivity index (χ0v) is 6.73. The minimum absolute atomic E-state index is 0.768. The Hall–Kier alpha value is -0.720. The molecule has 0 saturated heterocycles. The van der Waals surface area contributed by atoms with Crippen molar-refractivity contribution in [2.45, 2.75) is 26.2 Å². The topological polar surface area (TPSA) is 9.23 Å². The summed E-state index contributed by atoms with van der Waals surface area (Å²) < 4.78 is 5.26. The molecule has 0 aliphatic carbocycles. The van der Waals surface area contributed by atoms with Crippen molar-refractivity contribution in [1.29, 1.82) is 0 Å². The van der Waals surface area contributed by atoms with Gasteiger partial charge in [-0.15, -0.1) is 6.58 Å². The zero-order chi connectivity index (χ0) is 7.82. The van der Waals surface area contributed by atoms with Gasteiger partial charge < -0.3 is 4.74 Å². The first kappa shape index (κ1) is 9.28. The monoisotopic (exact) mass is 140 g/mol. The smallest absolute Gasteiger partial charge is 0.0925 e. The minimum Gasteiger partial charge on any atom is -0.498 e. The van der Waals surface area contributed by atoms with Crippen LogP contribution in [0.1, 0.15) is 26.2 Å². The first-order valence-corrected chi connectivity index (χ1v) is 3.72. The largest absolute Gasteiger partial charge is 0.498 e. The van der Waals surface area contributed by atoms with E-state index in [1.54, 1.807) is 6.08 Å². The van der Waals surface area contributed by atoms with Gasteiger partial charge in [-0.05, 0) is 6.42 Å². The number of rotatable bonds is 6. The van der Waals surface area contributed by atoms with Crippen LogP contribution in [0.3, 0.4) is 0 Å². The lowest BCUT2D eigenvalue weighted by molar-refractivity contribution is 0.204. The number of ether oxygens (including phenoxy) is 1. The molecule has 10 heavy (non-hydrogen) atoms. The summed E-state index contributed by atoms with van der Waals surface area (Å²) in [7, 11) is 0. The molecule has 0 spiro atoms. The maximum Gasteiger partial charge on any atom is 0.0925 e. The SMILES string of the molecule is C=CCC(=C)OCCCC. The second-order valence-electron chi connectivity index (χ2n) is 2.23. The number of hydrogen-bond donors (Lipinski definition) is 0. The first-order valence-electron chi connectivity index (χ1n) is 3.72. The first-order chi connectivity index (χ1) is 4.81. The molecule has 0 fully saturated rings. The fourth-order valence-corrected chi connectivity index (χ4v) is 0.581. The Bertz CT molecular complexity index is 105. The molecular formula is C9H16O. The van der Waals surface area contributed by atoms with Crippen molar-refractivity contribution in [1.82, 2.24) is 0 Å². The van der Waals surface area contributed by atoms with E-state index in [0.717, 1.165) is 25.2 Å². The Morgan fingerprint density at radius 1 is 1.60 bits per heavy atom. The maximum atomic E-state index is 5.26. The molecule has 0 amide bonds. The van der Waals surface area contributed by atoms with Crippen molar-refractivity contribution in [3.63, 3.8) is 0 Å². The van der Waals surface area contributed by atoms with E-state index in [2.05, 4.69) is 20.1 Å². The van der Waals surface area contributed by atoms with E-state index in [1.807, 2.05) is 0 Å². The minimum atomic E-state index is 0.768. The van der Waals surface area contributed by atoms with Gasteiger partial charge in [0.1, 0.15) is 0 Å². The van der Waals surface area contributed by atoms with Crippen LogP contribution in [0.25, 0.3) is 0 Å². The third-order valence-corrected chi connectivity index (χ3v) is 1.18. The van der Waals surface area contributed by atoms with Gasteiger partial charge in [-0.3, -0.25) is 0 Å². The molecule has 0 aromatic carbocycles. The fourth-order valence-electron chi connectivity index (χ4n) is 0.581. The highest BCUT2D eigenvalue weighted by Gasteiger charge is 1.89. The molecule has 0 saturated carbocycles. The Kier molecular flexibility index (Phi) is 5.94. The average molecular weight is 140 g/mol. The van der Waals surface area contributed by atoms with E-state index >= 15 is 0 Å². The number of unbranched alkanes of at least 4 members (excludes halogenated alkanes) is 1. The van der Waals surface area contributed by atoms with Crippen molar-refractivity contribution >= 4 is 0 Å². The molecule has 0 N–H and O–H groups in total. The number of hydrogen-bond acceptors (Lipinski definition) is 1. The number of allylic oxidation sites excluding steroid dienone is 1. The van der Waals surface area contributed by atoms with Gasteiger partial charge in [-0.25, -0.2) is 0 Å². The van der Waals surface area contributed by atoms with Crippen LogP contribution in [-0.4, -0.2) is 6.61 Å². The van der Waals surface area contributed by atoms with Crippen LogP contribution in [-0.2, 0) is 4.74 Å². The summed E-state index contributed by atoms with van der Waals surface area (Å²) in [5, 5.41) is 0. The highest BCUT2D eigenvalue weighted by atomic mass is 16.5. The normalized spacial score (nSPS) is 8.90. The van der Waals surface area contributed by atoms with Crippen LogP contribution in [0.4, 0.5) is 0 Å². The quantitative estimate of drug-likeness (QED) is 0.313. The van der Waals surface area contributed by atoms with Gasteiger partial charge >= 0.3 is 0 Å². The van der Waals surface area contributed by atoms with Gasteiger partial charge in [0, 0.05) is 6.42 Å². The molecule has 58 valence electrons. The van der Waals surface area contributed by atoms with E-state index in [-0.39, 0.29) is 0 Å². The van der Waals surface area contributed by atoms with Gasteiger partial charge in [0.15, 0.2) is 0 Å². The Morgan fingerprint density at radius 3 is 2.80 bits per heavy atom. The summed E-state index contributed by atoms with van der Waals surface area (Å²) in [6.07, 6.45) is 4.84. The summed E-state index contributed by atoms with van der Waals surface area (Å²) in [5.41, 5.74) is 0. The predicted molar refractivity (Wildman–Crippen MR) is 44.8 cm³/mol. The lowest BCUT2D eigenvalue weighted by atomic mass is 10.3. The zero-order valence-electron chi connectivity index (χ0n) is 6.73. The van der Waals surface area contributed by atoms with Crippen LogP contribution >= 0.6 is 0 Å². The van der Waals surface area contributed by atoms with Crippen LogP contribution in [0.5, 0.6) is 0 Å². The van der Waals surface area contributed by atoms with Crippen LogP contribution in [0.2, 0.25) is 0 Å². The molecular weight excluding hydrogens is 124 g/mol. The molecule has 1 heteroatoms. The van der Waals surface area contributed by atoms with Crippen molar-refractivity contribution in [2.24, 2.45) is 0 Å². The Labute approximate surface area is 63.4 Å². The van der Waals surface area contributed by atoms with Gasteiger partial charge in [0.05, 0.1) is 12.4 Å². The molecule has 0 bridgehead atoms. The van der Waals surface area contributed by atoms with Crippen LogP contribution in [0.15, 0.2) is 25.0 Å². The fraction of sp³-hybridized carbons (Fsp3) is 0.556. The Morgan fingerprint density at radius 2 is 2.30 bits per heavy atom. The van der Waals surface area contributed by atoms with Crippen molar-refractivity contribution < 1.29 is 4.74 Å². The highest BCUT2D eigenvalue weighted by molar-refractivity contribution is 4.90. The molecule has 0 aliphatic rings. The second kappa shape index (κ2) is 6.40. The van der Waals surface area contributed by atoms with Crippen molar-refractivity contribution in [3.8, 4) is 0 Å². The Balaban J connectivity index is 3.13. The summed E-state index contributed by atoms with van der Waals surface area (Å²) in [4.78, 5) is 0. The van der Waals surface area contributed by atoms with E-state index in [4.69, 9.17) is 4.74 Å². The standard InChI is InChI=1S/C9H16O/c1-4-6-8-10-9(3)7-5-2/h5H,2-4,6-8H2,1H3. The van der Waals surface area contributed by atoms with Gasteiger partial charge in [-0.1, -0.05) is 26.0 Å². The molecule has 0 aliphatic heterocycles. The summed E-state index contributed by atoms with van der Waals surface area (Å²) in [6.45, 7) is 10.2. The second-order valence-corrected chi connectivity index (χ2v) is 2.23. The summed E-state index contributed by atoms with van der Waals surface area (Å²) in [6, 6.07) is 0. The lowest BCUT2D eigenvalue weighted by Gasteiger charge is -2.04. The van der Waals surface area contributed by atoms with Gasteiger partial charge in [0.25, 0.3) is 0 Å². The van der Waals surface area contributed by atoms with E-state index in [9.17, 15) is 0 Å². The van der Waals surface area contributed by atoms with E-state index in [0.29, 0.717) is 0 Å². The molecule has 0 atom stereocenters. The van der Waals surface area contributed by atoms with Gasteiger partial charge in [-0.2, -0.15) is 0 Å². The summed E-state index contributed by atoms with van der Waals surface area (Å²) >= 11 is 0. The third-order valence-electron chi connectivity index (χ3n) is 1.18. The van der Waals surface area contributed by atoms with Gasteiger partial charge in [0.2, 0.25) is 0 Å². The molecule has 1 nitrogen and oxygen atoms in total. The molecule has 0 rings (SSSR count). The van der Waals surface area contributed by atoms with Crippen LogP contribution < -0.4 is 0 Å². The van der Waals surface area contributed by atoms with E-state index < -0.39 is 0 Å². The van der Waals surface area contributed by atoms with Crippen LogP contribution in [0, 0.1) is 0 Å². The average Bonchev–Trinajstić information content (AvgIpc) is 1.89. The molecule has 0 radical (unpaired) electrons. The predicted octanol–water partition coefficient (Wildman–Crippen LogP) is 2.89. The highest BCUT2D eigenvalue weighted by Crippen LogP contribution is 2.01. The molecule has 0 aromatic heterocycles.